The van der Waals surface area contributed by atoms with Crippen molar-refractivity contribution in [3.8, 4) is 0 Å². The van der Waals surface area contributed by atoms with Crippen LogP contribution >= 0.6 is 0 Å². The first-order valence-electron chi connectivity index (χ1n) is 7.07. The van der Waals surface area contributed by atoms with E-state index in [0.29, 0.717) is 11.3 Å². The van der Waals surface area contributed by atoms with Crippen LogP contribution < -0.4 is 0 Å². The number of carbonyl (C=O) groups excluding carboxylic acids is 1. The summed E-state index contributed by atoms with van der Waals surface area (Å²) in [5, 5.41) is 8.95. The fourth-order valence-electron chi connectivity index (χ4n) is 3.69. The van der Waals surface area contributed by atoms with Crippen LogP contribution in [0.5, 0.6) is 0 Å². The lowest BCUT2D eigenvalue weighted by Crippen LogP contribution is -2.40. The molecule has 2 heterocycles. The Bertz CT molecular complexity index is 523. The number of hydrogen-bond donors (Lipinski definition) is 1. The molecule has 1 aromatic heterocycles. The lowest BCUT2D eigenvalue weighted by molar-refractivity contribution is -0.136. The van der Waals surface area contributed by atoms with Gasteiger partial charge in [0, 0.05) is 18.2 Å². The Balaban J connectivity index is 1.97. The Morgan fingerprint density at radius 2 is 2.00 bits per heavy atom. The fraction of sp³-hybridized carbons (Fsp3) is 0.600. The van der Waals surface area contributed by atoms with E-state index in [4.69, 9.17) is 5.11 Å². The molecule has 0 amide bonds. The standard InChI is InChI=1S/C15H19NO3/c17-12(18)10-11-4-8-16-9-7-15(14(19)13(11)16)5-2-1-3-6-15/h4,8H,1-3,5-7,9-10H2,(H,17,18). The summed E-state index contributed by atoms with van der Waals surface area (Å²) in [7, 11) is 0. The van der Waals surface area contributed by atoms with Crippen molar-refractivity contribution in [3.05, 3.63) is 23.5 Å². The second-order valence-electron chi connectivity index (χ2n) is 5.87. The van der Waals surface area contributed by atoms with Crippen LogP contribution in [-0.2, 0) is 17.8 Å². The number of fused-ring (bicyclic) bond motifs is 1. The maximum atomic E-state index is 12.8. The third-order valence-electron chi connectivity index (χ3n) is 4.73. The normalized spacial score (nSPS) is 21.4. The quantitative estimate of drug-likeness (QED) is 0.890. The van der Waals surface area contributed by atoms with E-state index in [2.05, 4.69) is 0 Å². The van der Waals surface area contributed by atoms with Gasteiger partial charge < -0.3 is 9.67 Å². The summed E-state index contributed by atoms with van der Waals surface area (Å²) in [4.78, 5) is 23.7. The molecule has 3 rings (SSSR count). The molecule has 1 spiro atoms. The zero-order valence-electron chi connectivity index (χ0n) is 11.0. The van der Waals surface area contributed by atoms with Gasteiger partial charge in [0.05, 0.1) is 12.1 Å². The van der Waals surface area contributed by atoms with Crippen molar-refractivity contribution >= 4 is 11.8 Å². The van der Waals surface area contributed by atoms with Gasteiger partial charge in [0.15, 0.2) is 5.78 Å². The second kappa shape index (κ2) is 4.51. The molecule has 102 valence electrons. The Morgan fingerprint density at radius 1 is 1.26 bits per heavy atom. The highest BCUT2D eigenvalue weighted by Gasteiger charge is 2.44. The summed E-state index contributed by atoms with van der Waals surface area (Å²) in [6.45, 7) is 0.848. The predicted molar refractivity (Wildman–Crippen MR) is 70.2 cm³/mol. The number of carboxylic acids is 1. The van der Waals surface area contributed by atoms with Crippen molar-refractivity contribution in [1.29, 1.82) is 0 Å². The number of Topliss-reactive ketones (excluding diaryl/α,β-unsaturated/α-hetero) is 1. The topological polar surface area (TPSA) is 59.3 Å². The summed E-state index contributed by atoms with van der Waals surface area (Å²) < 4.78 is 1.94. The number of ketones is 1. The van der Waals surface area contributed by atoms with Crippen LogP contribution in [0.4, 0.5) is 0 Å². The number of nitrogens with zero attached hydrogens (tertiary/aromatic N) is 1. The first-order chi connectivity index (χ1) is 9.12. The molecule has 0 radical (unpaired) electrons. The SMILES string of the molecule is O=C(O)Cc1ccn2c1C(=O)C1(CCCCC1)CC2. The van der Waals surface area contributed by atoms with Crippen LogP contribution in [0.2, 0.25) is 0 Å². The third-order valence-corrected chi connectivity index (χ3v) is 4.73. The number of carboxylic acid groups (broad SMARTS) is 1. The Labute approximate surface area is 112 Å². The van der Waals surface area contributed by atoms with Crippen LogP contribution in [0.1, 0.15) is 54.6 Å². The summed E-state index contributed by atoms with van der Waals surface area (Å²) in [6.07, 6.45) is 8.15. The molecule has 0 atom stereocenters. The Kier molecular flexibility index (Phi) is 2.96. The Hall–Kier alpha value is -1.58. The van der Waals surface area contributed by atoms with Crippen LogP contribution in [0.15, 0.2) is 12.3 Å². The molecule has 1 aromatic rings. The van der Waals surface area contributed by atoms with E-state index in [1.165, 1.54) is 6.42 Å². The van der Waals surface area contributed by atoms with E-state index in [0.717, 1.165) is 38.6 Å². The van der Waals surface area contributed by atoms with Gasteiger partial charge in [-0.25, -0.2) is 0 Å². The molecule has 1 N–H and O–H groups in total. The number of hydrogen-bond acceptors (Lipinski definition) is 2. The molecule has 0 unspecified atom stereocenters. The van der Waals surface area contributed by atoms with Crippen LogP contribution in [0.25, 0.3) is 0 Å². The molecule has 1 saturated carbocycles. The molecule has 1 fully saturated rings. The Morgan fingerprint density at radius 3 is 2.68 bits per heavy atom. The minimum absolute atomic E-state index is 0.0514. The van der Waals surface area contributed by atoms with Gasteiger partial charge in [-0.3, -0.25) is 9.59 Å². The van der Waals surface area contributed by atoms with Crippen molar-refractivity contribution in [2.45, 2.75) is 51.5 Å². The number of rotatable bonds is 2. The van der Waals surface area contributed by atoms with Gasteiger partial charge in [-0.2, -0.15) is 0 Å². The molecule has 4 nitrogen and oxygen atoms in total. The van der Waals surface area contributed by atoms with Gasteiger partial charge in [0.2, 0.25) is 0 Å². The molecule has 19 heavy (non-hydrogen) atoms. The number of aromatic nitrogens is 1. The van der Waals surface area contributed by atoms with E-state index in [1.807, 2.05) is 10.8 Å². The molecular formula is C15H19NO3. The maximum absolute atomic E-state index is 12.8. The van der Waals surface area contributed by atoms with E-state index in [1.54, 1.807) is 6.07 Å². The van der Waals surface area contributed by atoms with Gasteiger partial charge in [-0.15, -0.1) is 0 Å². The van der Waals surface area contributed by atoms with Crippen molar-refractivity contribution in [2.75, 3.05) is 0 Å². The highest BCUT2D eigenvalue weighted by atomic mass is 16.4. The number of aliphatic carboxylic acids is 1. The average Bonchev–Trinajstić information content (AvgIpc) is 2.78. The monoisotopic (exact) mass is 261 g/mol. The summed E-state index contributed by atoms with van der Waals surface area (Å²) >= 11 is 0. The lowest BCUT2D eigenvalue weighted by Gasteiger charge is -2.39. The van der Waals surface area contributed by atoms with Gasteiger partial charge in [-0.1, -0.05) is 19.3 Å². The van der Waals surface area contributed by atoms with E-state index in [-0.39, 0.29) is 17.6 Å². The zero-order chi connectivity index (χ0) is 13.5. The molecule has 4 heteroatoms. The highest BCUT2D eigenvalue weighted by Crippen LogP contribution is 2.45. The summed E-state index contributed by atoms with van der Waals surface area (Å²) in [5.41, 5.74) is 1.15. The van der Waals surface area contributed by atoms with Gasteiger partial charge in [0.25, 0.3) is 0 Å². The first kappa shape index (κ1) is 12.5. The van der Waals surface area contributed by atoms with Crippen LogP contribution in [-0.4, -0.2) is 21.4 Å². The first-order valence-corrected chi connectivity index (χ1v) is 7.07. The molecule has 0 bridgehead atoms. The minimum atomic E-state index is -0.870. The smallest absolute Gasteiger partial charge is 0.307 e. The van der Waals surface area contributed by atoms with Crippen molar-refractivity contribution in [3.63, 3.8) is 0 Å². The second-order valence-corrected chi connectivity index (χ2v) is 5.87. The molecule has 2 aliphatic rings. The largest absolute Gasteiger partial charge is 0.481 e. The van der Waals surface area contributed by atoms with Crippen LogP contribution in [0, 0.1) is 5.41 Å². The highest BCUT2D eigenvalue weighted by molar-refractivity contribution is 6.02. The molecule has 1 aliphatic carbocycles. The van der Waals surface area contributed by atoms with E-state index < -0.39 is 5.97 Å². The van der Waals surface area contributed by atoms with Gasteiger partial charge in [0.1, 0.15) is 0 Å². The maximum Gasteiger partial charge on any atom is 0.307 e. The zero-order valence-corrected chi connectivity index (χ0v) is 11.0. The van der Waals surface area contributed by atoms with Crippen molar-refractivity contribution in [2.24, 2.45) is 5.41 Å². The van der Waals surface area contributed by atoms with Gasteiger partial charge in [-0.05, 0) is 30.9 Å². The van der Waals surface area contributed by atoms with Crippen molar-refractivity contribution < 1.29 is 14.7 Å². The number of carbonyl (C=O) groups is 2. The predicted octanol–water partition coefficient (Wildman–Crippen LogP) is 2.65. The van der Waals surface area contributed by atoms with Gasteiger partial charge >= 0.3 is 5.97 Å². The molecule has 0 saturated heterocycles. The fourth-order valence-corrected chi connectivity index (χ4v) is 3.69. The van der Waals surface area contributed by atoms with E-state index >= 15 is 0 Å². The summed E-state index contributed by atoms with van der Waals surface area (Å²) in [6, 6.07) is 1.79. The minimum Gasteiger partial charge on any atom is -0.481 e. The summed E-state index contributed by atoms with van der Waals surface area (Å²) in [5.74, 6) is -0.676. The van der Waals surface area contributed by atoms with Crippen molar-refractivity contribution in [1.82, 2.24) is 4.57 Å². The molecular weight excluding hydrogens is 242 g/mol. The number of aryl methyl sites for hydroxylation is 1. The molecule has 0 aromatic carbocycles. The van der Waals surface area contributed by atoms with E-state index in [9.17, 15) is 9.59 Å². The molecule has 1 aliphatic heterocycles. The van der Waals surface area contributed by atoms with Crippen LogP contribution in [0.3, 0.4) is 0 Å². The lowest BCUT2D eigenvalue weighted by atomic mass is 9.66. The third kappa shape index (κ3) is 1.99. The average molecular weight is 261 g/mol.